The molecule has 1 amide bonds. The van der Waals surface area contributed by atoms with Crippen LogP contribution in [0, 0.1) is 0 Å². The van der Waals surface area contributed by atoms with Gasteiger partial charge in [-0.15, -0.1) is 0 Å². The van der Waals surface area contributed by atoms with Crippen molar-refractivity contribution in [2.45, 2.75) is 32.3 Å². The van der Waals surface area contributed by atoms with E-state index in [1.807, 2.05) is 26.0 Å². The summed E-state index contributed by atoms with van der Waals surface area (Å²) in [6.07, 6.45) is 2.65. The van der Waals surface area contributed by atoms with Gasteiger partial charge in [0.2, 0.25) is 0 Å². The van der Waals surface area contributed by atoms with Crippen LogP contribution in [0.3, 0.4) is 0 Å². The number of H-pyrrole nitrogens is 1. The van der Waals surface area contributed by atoms with Gasteiger partial charge in [0, 0.05) is 17.1 Å². The number of aliphatic hydroxyl groups is 1. The summed E-state index contributed by atoms with van der Waals surface area (Å²) < 4.78 is 0. The van der Waals surface area contributed by atoms with E-state index in [1.165, 1.54) is 6.20 Å². The van der Waals surface area contributed by atoms with E-state index in [2.05, 4.69) is 15.5 Å². The number of amides is 1. The van der Waals surface area contributed by atoms with Crippen molar-refractivity contribution in [2.24, 2.45) is 0 Å². The topological polar surface area (TPSA) is 78.0 Å². The molecule has 0 unspecified atom stereocenters. The lowest BCUT2D eigenvalue weighted by atomic mass is 9.97. The Kier molecular flexibility index (Phi) is 5.21. The Labute approximate surface area is 134 Å². The lowest BCUT2D eigenvalue weighted by Crippen LogP contribution is -2.42. The van der Waals surface area contributed by atoms with Gasteiger partial charge in [-0.25, -0.2) is 0 Å². The molecular weight excluding hydrogens is 302 g/mol. The van der Waals surface area contributed by atoms with Crippen LogP contribution in [0.1, 0.15) is 37.0 Å². The Morgan fingerprint density at radius 3 is 2.55 bits per heavy atom. The van der Waals surface area contributed by atoms with Crippen LogP contribution in [0.25, 0.3) is 11.3 Å². The lowest BCUT2D eigenvalue weighted by molar-refractivity contribution is 0.0314. The number of benzene rings is 1. The molecule has 6 heteroatoms. The molecule has 0 radical (unpaired) electrons. The molecule has 3 N–H and O–H groups in total. The zero-order valence-electron chi connectivity index (χ0n) is 12.7. The number of carbonyl (C=O) groups excluding carboxylic acids is 1. The highest BCUT2D eigenvalue weighted by Crippen LogP contribution is 2.23. The van der Waals surface area contributed by atoms with Crippen molar-refractivity contribution in [1.82, 2.24) is 15.5 Å². The molecule has 0 aliphatic carbocycles. The van der Waals surface area contributed by atoms with E-state index in [-0.39, 0.29) is 12.5 Å². The predicted octanol–water partition coefficient (Wildman–Crippen LogP) is 3.01. The first-order chi connectivity index (χ1) is 10.5. The van der Waals surface area contributed by atoms with Gasteiger partial charge in [0.25, 0.3) is 5.91 Å². The summed E-state index contributed by atoms with van der Waals surface area (Å²) in [5, 5.41) is 20.4. The van der Waals surface area contributed by atoms with Gasteiger partial charge in [-0.1, -0.05) is 37.6 Å². The highest BCUT2D eigenvalue weighted by Gasteiger charge is 2.24. The van der Waals surface area contributed by atoms with Crippen molar-refractivity contribution >= 4 is 17.5 Å². The predicted molar refractivity (Wildman–Crippen MR) is 86.9 cm³/mol. The second kappa shape index (κ2) is 6.94. The van der Waals surface area contributed by atoms with Crippen molar-refractivity contribution in [3.05, 3.63) is 41.0 Å². The summed E-state index contributed by atoms with van der Waals surface area (Å²) in [7, 11) is 0. The minimum absolute atomic E-state index is 0.212. The molecule has 0 fully saturated rings. The van der Waals surface area contributed by atoms with Gasteiger partial charge < -0.3 is 10.4 Å². The summed E-state index contributed by atoms with van der Waals surface area (Å²) >= 11 is 5.87. The molecule has 0 aliphatic heterocycles. The maximum atomic E-state index is 12.3. The van der Waals surface area contributed by atoms with Crippen LogP contribution in [0.5, 0.6) is 0 Å². The highest BCUT2D eigenvalue weighted by molar-refractivity contribution is 6.30. The average molecular weight is 322 g/mol. The Morgan fingerprint density at radius 2 is 1.95 bits per heavy atom. The molecule has 118 valence electrons. The van der Waals surface area contributed by atoms with Crippen LogP contribution in [-0.4, -0.2) is 33.4 Å². The van der Waals surface area contributed by atoms with Crippen LogP contribution >= 0.6 is 11.6 Å². The second-order valence-corrected chi connectivity index (χ2v) is 5.72. The fraction of sp³-hybridized carbons (Fsp3) is 0.375. The van der Waals surface area contributed by atoms with E-state index >= 15 is 0 Å². The third kappa shape index (κ3) is 3.67. The molecule has 2 rings (SSSR count). The third-order valence-electron chi connectivity index (χ3n) is 3.91. The summed E-state index contributed by atoms with van der Waals surface area (Å²) in [4.78, 5) is 12.3. The maximum absolute atomic E-state index is 12.3. The van der Waals surface area contributed by atoms with Crippen LogP contribution in [0.15, 0.2) is 30.5 Å². The molecule has 0 bridgehead atoms. The van der Waals surface area contributed by atoms with Gasteiger partial charge in [0.1, 0.15) is 0 Å². The number of nitrogens with one attached hydrogen (secondary N) is 2. The summed E-state index contributed by atoms with van der Waals surface area (Å²) in [6.45, 7) is 4.00. The van der Waals surface area contributed by atoms with E-state index in [1.54, 1.807) is 12.1 Å². The normalized spacial score (nSPS) is 11.5. The van der Waals surface area contributed by atoms with E-state index in [0.29, 0.717) is 29.1 Å². The Hall–Kier alpha value is -1.85. The average Bonchev–Trinajstić information content (AvgIpc) is 3.02. The number of carbonyl (C=O) groups is 1. The standard InChI is InChI=1S/C16H20ClN3O2/c1-3-16(22,4-2)10-18-15(21)13-9-19-20-14(13)11-5-7-12(17)8-6-11/h5-9,22H,3-4,10H2,1-2H3,(H,18,21)(H,19,20). The maximum Gasteiger partial charge on any atom is 0.255 e. The van der Waals surface area contributed by atoms with E-state index < -0.39 is 5.60 Å². The summed E-state index contributed by atoms with van der Waals surface area (Å²) in [5.74, 6) is -0.265. The van der Waals surface area contributed by atoms with Crippen molar-refractivity contribution in [1.29, 1.82) is 0 Å². The first-order valence-corrected chi connectivity index (χ1v) is 7.66. The van der Waals surface area contributed by atoms with Crippen LogP contribution in [0.4, 0.5) is 0 Å². The van der Waals surface area contributed by atoms with E-state index in [9.17, 15) is 9.90 Å². The molecule has 1 aromatic carbocycles. The minimum Gasteiger partial charge on any atom is -0.388 e. The zero-order valence-corrected chi connectivity index (χ0v) is 13.4. The summed E-state index contributed by atoms with van der Waals surface area (Å²) in [6, 6.07) is 7.15. The van der Waals surface area contributed by atoms with Crippen molar-refractivity contribution in [3.63, 3.8) is 0 Å². The van der Waals surface area contributed by atoms with E-state index in [0.717, 1.165) is 5.56 Å². The first kappa shape index (κ1) is 16.5. The van der Waals surface area contributed by atoms with Gasteiger partial charge in [0.15, 0.2) is 0 Å². The number of nitrogens with zero attached hydrogens (tertiary/aromatic N) is 1. The van der Waals surface area contributed by atoms with Crippen molar-refractivity contribution in [2.75, 3.05) is 6.54 Å². The smallest absolute Gasteiger partial charge is 0.255 e. The molecule has 5 nitrogen and oxygen atoms in total. The number of hydrogen-bond acceptors (Lipinski definition) is 3. The molecule has 2 aromatic rings. The van der Waals surface area contributed by atoms with Crippen LogP contribution in [0.2, 0.25) is 5.02 Å². The molecule has 0 saturated heterocycles. The fourth-order valence-electron chi connectivity index (χ4n) is 2.13. The molecule has 0 saturated carbocycles. The van der Waals surface area contributed by atoms with Crippen molar-refractivity contribution < 1.29 is 9.90 Å². The Morgan fingerprint density at radius 1 is 1.32 bits per heavy atom. The van der Waals surface area contributed by atoms with Gasteiger partial charge in [-0.2, -0.15) is 5.10 Å². The van der Waals surface area contributed by atoms with E-state index in [4.69, 9.17) is 11.6 Å². The molecule has 0 aliphatic rings. The first-order valence-electron chi connectivity index (χ1n) is 7.29. The SMILES string of the molecule is CCC(O)(CC)CNC(=O)c1cn[nH]c1-c1ccc(Cl)cc1. The van der Waals surface area contributed by atoms with Crippen molar-refractivity contribution in [3.8, 4) is 11.3 Å². The molecular formula is C16H20ClN3O2. The number of aromatic nitrogens is 2. The van der Waals surface area contributed by atoms with Gasteiger partial charge in [-0.3, -0.25) is 9.89 Å². The zero-order chi connectivity index (χ0) is 16.2. The molecule has 1 aromatic heterocycles. The van der Waals surface area contributed by atoms with Gasteiger partial charge in [0.05, 0.1) is 23.1 Å². The highest BCUT2D eigenvalue weighted by atomic mass is 35.5. The Bertz CT molecular complexity index is 633. The minimum atomic E-state index is -0.875. The molecule has 0 atom stereocenters. The number of hydrogen-bond donors (Lipinski definition) is 3. The summed E-state index contributed by atoms with van der Waals surface area (Å²) in [5.41, 5.74) is 1.02. The monoisotopic (exact) mass is 321 g/mol. The Balaban J connectivity index is 2.15. The lowest BCUT2D eigenvalue weighted by Gasteiger charge is -2.25. The number of halogens is 1. The van der Waals surface area contributed by atoms with Crippen LogP contribution in [-0.2, 0) is 0 Å². The van der Waals surface area contributed by atoms with Gasteiger partial charge >= 0.3 is 0 Å². The molecule has 0 spiro atoms. The van der Waals surface area contributed by atoms with Gasteiger partial charge in [-0.05, 0) is 25.0 Å². The number of aromatic amines is 1. The molecule has 1 heterocycles. The third-order valence-corrected chi connectivity index (χ3v) is 4.16. The fourth-order valence-corrected chi connectivity index (χ4v) is 2.26. The number of rotatable bonds is 6. The van der Waals surface area contributed by atoms with Crippen LogP contribution < -0.4 is 5.32 Å². The largest absolute Gasteiger partial charge is 0.388 e. The molecule has 22 heavy (non-hydrogen) atoms. The quantitative estimate of drug-likeness (QED) is 0.765. The second-order valence-electron chi connectivity index (χ2n) is 5.28.